The molecule has 0 aliphatic rings. The van der Waals surface area contributed by atoms with Crippen molar-refractivity contribution in [2.75, 3.05) is 0 Å². The molecule has 0 fully saturated rings. The highest BCUT2D eigenvalue weighted by molar-refractivity contribution is 7.15. The van der Waals surface area contributed by atoms with Gasteiger partial charge in [0.1, 0.15) is 0 Å². The Balaban J connectivity index is 2.61. The van der Waals surface area contributed by atoms with E-state index in [1.165, 1.54) is 11.3 Å². The lowest BCUT2D eigenvalue weighted by Gasteiger charge is -2.00. The minimum atomic E-state index is -0.976. The van der Waals surface area contributed by atoms with E-state index in [0.29, 0.717) is 5.92 Å². The van der Waals surface area contributed by atoms with Crippen molar-refractivity contribution >= 4 is 22.3 Å². The Morgan fingerprint density at radius 2 is 2.36 bits per heavy atom. The largest absolute Gasteiger partial charge is 0.476 e. The number of thiazole rings is 1. The van der Waals surface area contributed by atoms with E-state index >= 15 is 0 Å². The van der Waals surface area contributed by atoms with Crippen LogP contribution >= 0.6 is 11.3 Å². The van der Waals surface area contributed by atoms with E-state index in [4.69, 9.17) is 5.11 Å². The summed E-state index contributed by atoms with van der Waals surface area (Å²) < 4.78 is 1.85. The summed E-state index contributed by atoms with van der Waals surface area (Å²) in [5.41, 5.74) is 1.21. The zero-order valence-electron chi connectivity index (χ0n) is 7.89. The summed E-state index contributed by atoms with van der Waals surface area (Å²) in [5, 5.41) is 10.8. The third kappa shape index (κ3) is 1.29. The molecule has 74 valence electrons. The van der Waals surface area contributed by atoms with Crippen molar-refractivity contribution in [3.8, 4) is 0 Å². The van der Waals surface area contributed by atoms with E-state index in [-0.39, 0.29) is 5.69 Å². The van der Waals surface area contributed by atoms with Gasteiger partial charge in [0.05, 0.1) is 0 Å². The van der Waals surface area contributed by atoms with Crippen molar-refractivity contribution in [2.24, 2.45) is 0 Å². The maximum Gasteiger partial charge on any atom is 0.356 e. The average molecular weight is 210 g/mol. The highest BCUT2D eigenvalue weighted by atomic mass is 32.1. The van der Waals surface area contributed by atoms with E-state index in [9.17, 15) is 4.79 Å². The third-order valence-electron chi connectivity index (χ3n) is 2.05. The zero-order chi connectivity index (χ0) is 10.3. The molecule has 2 aromatic rings. The first-order valence-corrected chi connectivity index (χ1v) is 5.17. The van der Waals surface area contributed by atoms with Crippen LogP contribution in [0.1, 0.15) is 35.9 Å². The van der Waals surface area contributed by atoms with E-state index in [0.717, 1.165) is 10.7 Å². The molecule has 4 nitrogen and oxygen atoms in total. The summed E-state index contributed by atoms with van der Waals surface area (Å²) in [7, 11) is 0. The van der Waals surface area contributed by atoms with E-state index in [2.05, 4.69) is 18.8 Å². The second kappa shape index (κ2) is 3.09. The number of imidazole rings is 1. The van der Waals surface area contributed by atoms with Crippen LogP contribution in [0.3, 0.4) is 0 Å². The predicted octanol–water partition coefficient (Wildman–Crippen LogP) is 2.22. The number of carboxylic acids is 1. The molecular weight excluding hydrogens is 200 g/mol. The molecule has 0 atom stereocenters. The SMILES string of the molecule is CC(C)c1csc2nc(C(=O)O)cn12. The predicted molar refractivity (Wildman–Crippen MR) is 54.1 cm³/mol. The van der Waals surface area contributed by atoms with Gasteiger partial charge < -0.3 is 5.11 Å². The fourth-order valence-electron chi connectivity index (χ4n) is 1.32. The molecular formula is C9H10N2O2S. The molecule has 0 spiro atoms. The Bertz CT molecular complexity index is 484. The monoisotopic (exact) mass is 210 g/mol. The summed E-state index contributed by atoms with van der Waals surface area (Å²) in [4.78, 5) is 15.4. The van der Waals surface area contributed by atoms with Crippen LogP contribution in [-0.4, -0.2) is 20.5 Å². The number of carboxylic acid groups (broad SMARTS) is 1. The smallest absolute Gasteiger partial charge is 0.356 e. The summed E-state index contributed by atoms with van der Waals surface area (Å²) in [6.45, 7) is 4.14. The molecule has 0 aromatic carbocycles. The van der Waals surface area contributed by atoms with Gasteiger partial charge in [0, 0.05) is 17.3 Å². The van der Waals surface area contributed by atoms with Crippen LogP contribution in [0.15, 0.2) is 11.6 Å². The van der Waals surface area contributed by atoms with Crippen LogP contribution in [0.25, 0.3) is 4.96 Å². The summed E-state index contributed by atoms with van der Waals surface area (Å²) >= 11 is 1.47. The van der Waals surface area contributed by atoms with Gasteiger partial charge >= 0.3 is 5.97 Å². The normalized spacial score (nSPS) is 11.4. The van der Waals surface area contributed by atoms with Crippen LogP contribution in [0.4, 0.5) is 0 Å². The quantitative estimate of drug-likeness (QED) is 0.826. The van der Waals surface area contributed by atoms with Gasteiger partial charge in [0.25, 0.3) is 0 Å². The molecule has 2 aromatic heterocycles. The second-order valence-electron chi connectivity index (χ2n) is 3.40. The zero-order valence-corrected chi connectivity index (χ0v) is 8.71. The molecule has 0 saturated heterocycles. The first kappa shape index (κ1) is 9.21. The average Bonchev–Trinajstić information content (AvgIpc) is 2.58. The topological polar surface area (TPSA) is 54.6 Å². The standard InChI is InChI=1S/C9H10N2O2S/c1-5(2)7-4-14-9-10-6(8(12)13)3-11(7)9/h3-5H,1-2H3,(H,12,13). The van der Waals surface area contributed by atoms with Gasteiger partial charge in [-0.3, -0.25) is 4.40 Å². The van der Waals surface area contributed by atoms with Gasteiger partial charge in [-0.05, 0) is 5.92 Å². The van der Waals surface area contributed by atoms with Gasteiger partial charge in [-0.15, -0.1) is 11.3 Å². The number of aromatic carboxylic acids is 1. The summed E-state index contributed by atoms with van der Waals surface area (Å²) in [6.07, 6.45) is 1.57. The van der Waals surface area contributed by atoms with Gasteiger partial charge in [0.2, 0.25) is 0 Å². The summed E-state index contributed by atoms with van der Waals surface area (Å²) in [6, 6.07) is 0. The lowest BCUT2D eigenvalue weighted by molar-refractivity contribution is 0.0691. The Hall–Kier alpha value is -1.36. The Morgan fingerprint density at radius 3 is 2.93 bits per heavy atom. The molecule has 0 unspecified atom stereocenters. The van der Waals surface area contributed by atoms with Crippen molar-refractivity contribution in [2.45, 2.75) is 19.8 Å². The van der Waals surface area contributed by atoms with Crippen molar-refractivity contribution in [1.29, 1.82) is 0 Å². The molecule has 0 radical (unpaired) electrons. The fraction of sp³-hybridized carbons (Fsp3) is 0.333. The van der Waals surface area contributed by atoms with Crippen LogP contribution in [0.2, 0.25) is 0 Å². The van der Waals surface area contributed by atoms with Crippen molar-refractivity contribution < 1.29 is 9.90 Å². The molecule has 0 aliphatic carbocycles. The molecule has 0 aliphatic heterocycles. The number of carbonyl (C=O) groups is 1. The second-order valence-corrected chi connectivity index (χ2v) is 4.24. The molecule has 5 heteroatoms. The van der Waals surface area contributed by atoms with Gasteiger partial charge in [0.15, 0.2) is 10.7 Å². The number of hydrogen-bond donors (Lipinski definition) is 1. The number of nitrogens with zero attached hydrogens (tertiary/aromatic N) is 2. The Kier molecular flexibility index (Phi) is 2.03. The van der Waals surface area contributed by atoms with Crippen LogP contribution in [0, 0.1) is 0 Å². The number of rotatable bonds is 2. The fourth-order valence-corrected chi connectivity index (χ4v) is 2.35. The Morgan fingerprint density at radius 1 is 1.64 bits per heavy atom. The first-order chi connectivity index (χ1) is 6.59. The van der Waals surface area contributed by atoms with Crippen molar-refractivity contribution in [3.05, 3.63) is 23.0 Å². The van der Waals surface area contributed by atoms with E-state index < -0.39 is 5.97 Å². The summed E-state index contributed by atoms with van der Waals surface area (Å²) in [5.74, 6) is -0.602. The third-order valence-corrected chi connectivity index (χ3v) is 2.91. The lowest BCUT2D eigenvalue weighted by atomic mass is 10.2. The minimum Gasteiger partial charge on any atom is -0.476 e. The van der Waals surface area contributed by atoms with Crippen LogP contribution in [-0.2, 0) is 0 Å². The number of aromatic nitrogens is 2. The number of hydrogen-bond acceptors (Lipinski definition) is 3. The minimum absolute atomic E-state index is 0.110. The Labute approximate surface area is 84.8 Å². The highest BCUT2D eigenvalue weighted by Gasteiger charge is 2.13. The van der Waals surface area contributed by atoms with Gasteiger partial charge in [-0.2, -0.15) is 0 Å². The van der Waals surface area contributed by atoms with E-state index in [1.54, 1.807) is 6.20 Å². The van der Waals surface area contributed by atoms with Crippen LogP contribution in [0.5, 0.6) is 0 Å². The molecule has 0 saturated carbocycles. The maximum absolute atomic E-state index is 10.7. The molecule has 0 bridgehead atoms. The van der Waals surface area contributed by atoms with E-state index in [1.807, 2.05) is 9.78 Å². The maximum atomic E-state index is 10.7. The number of fused-ring (bicyclic) bond motifs is 1. The molecule has 0 amide bonds. The van der Waals surface area contributed by atoms with Crippen molar-refractivity contribution in [3.63, 3.8) is 0 Å². The highest BCUT2D eigenvalue weighted by Crippen LogP contribution is 2.22. The van der Waals surface area contributed by atoms with Crippen molar-refractivity contribution in [1.82, 2.24) is 9.38 Å². The first-order valence-electron chi connectivity index (χ1n) is 4.29. The molecule has 2 rings (SSSR count). The van der Waals surface area contributed by atoms with Gasteiger partial charge in [-0.1, -0.05) is 13.8 Å². The lowest BCUT2D eigenvalue weighted by Crippen LogP contribution is -1.96. The van der Waals surface area contributed by atoms with Crippen LogP contribution < -0.4 is 0 Å². The molecule has 14 heavy (non-hydrogen) atoms. The molecule has 2 heterocycles. The van der Waals surface area contributed by atoms with Gasteiger partial charge in [-0.25, -0.2) is 9.78 Å². The molecule has 1 N–H and O–H groups in total.